The van der Waals surface area contributed by atoms with Gasteiger partial charge in [0.25, 0.3) is 0 Å². The SMILES string of the molecule is N#CC1(C(=O)Nc2coc3ccccc23)CCC1. The predicted octanol–water partition coefficient (Wildman–Crippen LogP) is 3.07. The number of hydrogen-bond acceptors (Lipinski definition) is 3. The monoisotopic (exact) mass is 240 g/mol. The van der Waals surface area contributed by atoms with Gasteiger partial charge >= 0.3 is 0 Å². The molecule has 2 aromatic rings. The number of nitrogens with one attached hydrogen (secondary N) is 1. The molecule has 0 aliphatic heterocycles. The smallest absolute Gasteiger partial charge is 0.244 e. The Balaban J connectivity index is 1.89. The Kier molecular flexibility index (Phi) is 2.34. The number of carbonyl (C=O) groups is 1. The van der Waals surface area contributed by atoms with Crippen LogP contribution in [-0.2, 0) is 4.79 Å². The lowest BCUT2D eigenvalue weighted by Crippen LogP contribution is -2.40. The maximum absolute atomic E-state index is 12.1. The first-order valence-corrected chi connectivity index (χ1v) is 5.94. The van der Waals surface area contributed by atoms with Crippen LogP contribution in [0.25, 0.3) is 11.0 Å². The van der Waals surface area contributed by atoms with Crippen LogP contribution in [0.5, 0.6) is 0 Å². The van der Waals surface area contributed by atoms with E-state index in [4.69, 9.17) is 9.68 Å². The Hall–Kier alpha value is -2.28. The summed E-state index contributed by atoms with van der Waals surface area (Å²) in [5.74, 6) is -0.220. The fraction of sp³-hybridized carbons (Fsp3) is 0.286. The van der Waals surface area contributed by atoms with E-state index in [0.717, 1.165) is 17.4 Å². The van der Waals surface area contributed by atoms with Crippen molar-refractivity contribution in [3.8, 4) is 6.07 Å². The van der Waals surface area contributed by atoms with Crippen LogP contribution in [0.15, 0.2) is 34.9 Å². The highest BCUT2D eigenvalue weighted by Crippen LogP contribution is 2.41. The van der Waals surface area contributed by atoms with Crippen molar-refractivity contribution in [2.75, 3.05) is 5.32 Å². The van der Waals surface area contributed by atoms with Gasteiger partial charge in [0.15, 0.2) is 0 Å². The molecule has 0 bridgehead atoms. The summed E-state index contributed by atoms with van der Waals surface area (Å²) in [5.41, 5.74) is 0.530. The molecule has 1 aliphatic rings. The minimum atomic E-state index is -0.835. The molecule has 1 fully saturated rings. The third-order valence-corrected chi connectivity index (χ3v) is 3.58. The van der Waals surface area contributed by atoms with Crippen molar-refractivity contribution >= 4 is 22.6 Å². The largest absolute Gasteiger partial charge is 0.462 e. The quantitative estimate of drug-likeness (QED) is 0.877. The fourth-order valence-electron chi connectivity index (χ4n) is 2.24. The van der Waals surface area contributed by atoms with E-state index < -0.39 is 5.41 Å². The predicted molar refractivity (Wildman–Crippen MR) is 66.7 cm³/mol. The molecule has 0 unspecified atom stereocenters. The molecule has 90 valence electrons. The Morgan fingerprint density at radius 3 is 2.83 bits per heavy atom. The molecule has 1 saturated carbocycles. The normalized spacial score (nSPS) is 16.8. The van der Waals surface area contributed by atoms with Gasteiger partial charge in [0, 0.05) is 5.39 Å². The molecular weight excluding hydrogens is 228 g/mol. The molecule has 1 amide bonds. The molecule has 1 N–H and O–H groups in total. The first-order valence-electron chi connectivity index (χ1n) is 5.94. The number of hydrogen-bond donors (Lipinski definition) is 1. The van der Waals surface area contributed by atoms with Crippen LogP contribution in [-0.4, -0.2) is 5.91 Å². The molecule has 4 heteroatoms. The molecule has 1 aliphatic carbocycles. The standard InChI is InChI=1S/C14H12N2O2/c15-9-14(6-3-7-14)13(17)16-11-8-18-12-5-2-1-4-10(11)12/h1-2,4-5,8H,3,6-7H2,(H,16,17). The number of rotatable bonds is 2. The van der Waals surface area contributed by atoms with E-state index in [1.54, 1.807) is 0 Å². The average Bonchev–Trinajstić information content (AvgIpc) is 2.72. The Labute approximate surface area is 104 Å². The molecule has 4 nitrogen and oxygen atoms in total. The minimum Gasteiger partial charge on any atom is -0.462 e. The van der Waals surface area contributed by atoms with Crippen LogP contribution in [0.1, 0.15) is 19.3 Å². The number of amides is 1. The topological polar surface area (TPSA) is 66.0 Å². The van der Waals surface area contributed by atoms with Crippen molar-refractivity contribution in [2.24, 2.45) is 5.41 Å². The van der Waals surface area contributed by atoms with Crippen molar-refractivity contribution in [1.82, 2.24) is 0 Å². The first-order chi connectivity index (χ1) is 8.75. The number of benzene rings is 1. The van der Waals surface area contributed by atoms with Crippen LogP contribution in [0.4, 0.5) is 5.69 Å². The molecule has 0 saturated heterocycles. The highest BCUT2D eigenvalue weighted by Gasteiger charge is 2.44. The molecule has 0 spiro atoms. The number of anilines is 1. The van der Waals surface area contributed by atoms with Gasteiger partial charge in [-0.15, -0.1) is 0 Å². The van der Waals surface area contributed by atoms with Gasteiger partial charge in [-0.25, -0.2) is 0 Å². The molecule has 1 heterocycles. The maximum Gasteiger partial charge on any atom is 0.244 e. The first kappa shape index (κ1) is 10.8. The van der Waals surface area contributed by atoms with Crippen LogP contribution < -0.4 is 5.32 Å². The van der Waals surface area contributed by atoms with Gasteiger partial charge < -0.3 is 9.73 Å². The number of nitrogens with zero attached hydrogens (tertiary/aromatic N) is 1. The third-order valence-electron chi connectivity index (χ3n) is 3.58. The summed E-state index contributed by atoms with van der Waals surface area (Å²) in [5, 5.41) is 12.8. The Morgan fingerprint density at radius 2 is 2.17 bits per heavy atom. The lowest BCUT2D eigenvalue weighted by Gasteiger charge is -2.33. The van der Waals surface area contributed by atoms with E-state index in [-0.39, 0.29) is 5.91 Å². The van der Waals surface area contributed by atoms with Crippen molar-refractivity contribution in [3.05, 3.63) is 30.5 Å². The average molecular weight is 240 g/mol. The zero-order chi connectivity index (χ0) is 12.6. The highest BCUT2D eigenvalue weighted by atomic mass is 16.3. The van der Waals surface area contributed by atoms with Crippen molar-refractivity contribution in [1.29, 1.82) is 5.26 Å². The van der Waals surface area contributed by atoms with Crippen LogP contribution in [0.2, 0.25) is 0 Å². The van der Waals surface area contributed by atoms with Gasteiger partial charge in [-0.05, 0) is 31.4 Å². The minimum absolute atomic E-state index is 0.220. The Morgan fingerprint density at radius 1 is 1.39 bits per heavy atom. The number of furan rings is 1. The number of carbonyl (C=O) groups excluding carboxylic acids is 1. The number of nitriles is 1. The molecule has 3 rings (SSSR count). The van der Waals surface area contributed by atoms with Crippen LogP contribution >= 0.6 is 0 Å². The van der Waals surface area contributed by atoms with Gasteiger partial charge in [-0.2, -0.15) is 5.26 Å². The van der Waals surface area contributed by atoms with Gasteiger partial charge in [-0.3, -0.25) is 4.79 Å². The zero-order valence-electron chi connectivity index (χ0n) is 9.77. The zero-order valence-corrected chi connectivity index (χ0v) is 9.77. The van der Waals surface area contributed by atoms with E-state index in [0.29, 0.717) is 18.5 Å². The van der Waals surface area contributed by atoms with Gasteiger partial charge in [0.05, 0.1) is 11.8 Å². The molecule has 1 aromatic heterocycles. The second-order valence-electron chi connectivity index (χ2n) is 4.65. The van der Waals surface area contributed by atoms with Gasteiger partial charge in [-0.1, -0.05) is 12.1 Å². The number of fused-ring (bicyclic) bond motifs is 1. The Bertz CT molecular complexity index is 647. The fourth-order valence-corrected chi connectivity index (χ4v) is 2.24. The van der Waals surface area contributed by atoms with E-state index in [2.05, 4.69) is 11.4 Å². The molecule has 0 radical (unpaired) electrons. The van der Waals surface area contributed by atoms with Crippen LogP contribution in [0, 0.1) is 16.7 Å². The molecular formula is C14H12N2O2. The summed E-state index contributed by atoms with van der Waals surface area (Å²) in [6.07, 6.45) is 3.75. The third kappa shape index (κ3) is 1.48. The highest BCUT2D eigenvalue weighted by molar-refractivity contribution is 6.04. The van der Waals surface area contributed by atoms with Crippen molar-refractivity contribution in [3.63, 3.8) is 0 Å². The lowest BCUT2D eigenvalue weighted by molar-refractivity contribution is -0.126. The summed E-state index contributed by atoms with van der Waals surface area (Å²) in [4.78, 5) is 12.1. The van der Waals surface area contributed by atoms with E-state index in [9.17, 15) is 4.79 Å². The van der Waals surface area contributed by atoms with Crippen molar-refractivity contribution in [2.45, 2.75) is 19.3 Å². The second kappa shape index (κ2) is 3.88. The second-order valence-corrected chi connectivity index (χ2v) is 4.65. The molecule has 1 aromatic carbocycles. The van der Waals surface area contributed by atoms with Gasteiger partial charge in [0.1, 0.15) is 17.3 Å². The maximum atomic E-state index is 12.1. The summed E-state index contributed by atoms with van der Waals surface area (Å²) >= 11 is 0. The van der Waals surface area contributed by atoms with Crippen LogP contribution in [0.3, 0.4) is 0 Å². The van der Waals surface area contributed by atoms with Gasteiger partial charge in [0.2, 0.25) is 5.91 Å². The van der Waals surface area contributed by atoms with E-state index >= 15 is 0 Å². The van der Waals surface area contributed by atoms with E-state index in [1.165, 1.54) is 6.26 Å². The summed E-state index contributed by atoms with van der Waals surface area (Å²) in [6, 6.07) is 9.62. The molecule has 0 atom stereocenters. The molecule has 18 heavy (non-hydrogen) atoms. The summed E-state index contributed by atoms with van der Waals surface area (Å²) in [6.45, 7) is 0. The van der Waals surface area contributed by atoms with E-state index in [1.807, 2.05) is 24.3 Å². The summed E-state index contributed by atoms with van der Waals surface area (Å²) < 4.78 is 5.35. The van der Waals surface area contributed by atoms with Crippen molar-refractivity contribution < 1.29 is 9.21 Å². The number of para-hydroxylation sites is 1. The summed E-state index contributed by atoms with van der Waals surface area (Å²) in [7, 11) is 0. The lowest BCUT2D eigenvalue weighted by atomic mass is 9.69.